The molecule has 0 fully saturated rings. The molecule has 0 saturated heterocycles. The van der Waals surface area contributed by atoms with Crippen molar-refractivity contribution in [2.24, 2.45) is 0 Å². The van der Waals surface area contributed by atoms with E-state index in [9.17, 15) is 6.21 Å². The van der Waals surface area contributed by atoms with E-state index in [2.05, 4.69) is 0 Å². The van der Waals surface area contributed by atoms with Gasteiger partial charge in [-0.1, -0.05) is 0 Å². The third-order valence-electron chi connectivity index (χ3n) is 2.63. The monoisotopic (exact) mass is 522 g/mol. The van der Waals surface area contributed by atoms with Crippen molar-refractivity contribution in [2.75, 3.05) is 14.2 Å². The van der Waals surface area contributed by atoms with Crippen LogP contribution in [0.1, 0.15) is 0 Å². The third-order valence-corrected chi connectivity index (χ3v) is 11.8. The molecule has 0 aromatic heterocycles. The first-order valence-electron chi connectivity index (χ1n) is 5.94. The van der Waals surface area contributed by atoms with Gasteiger partial charge >= 0.3 is 139 Å². The quantitative estimate of drug-likeness (QED) is 0.528. The first-order chi connectivity index (χ1) is 10.1. The summed E-state index contributed by atoms with van der Waals surface area (Å²) in [5, 5.41) is 0. The van der Waals surface area contributed by atoms with Crippen molar-refractivity contribution in [3.63, 3.8) is 0 Å². The predicted molar refractivity (Wildman–Crippen MR) is 79.2 cm³/mol. The Hall–Kier alpha value is -0.821. The summed E-state index contributed by atoms with van der Waals surface area (Å²) in [6.07, 6.45) is 0. The van der Waals surface area contributed by atoms with Gasteiger partial charge < -0.3 is 0 Å². The molecule has 5 nitrogen and oxygen atoms in total. The van der Waals surface area contributed by atoms with Crippen LogP contribution in [0.5, 0.6) is 11.5 Å². The van der Waals surface area contributed by atoms with E-state index in [1.165, 1.54) is 0 Å². The van der Waals surface area contributed by atoms with Gasteiger partial charge in [0.25, 0.3) is 0 Å². The molecule has 0 bridgehead atoms. The van der Waals surface area contributed by atoms with E-state index in [0.717, 1.165) is 0 Å². The number of hydrogen-bond acceptors (Lipinski definition) is 5. The number of hydrogen-bond donors (Lipinski definition) is 0. The summed E-state index contributed by atoms with van der Waals surface area (Å²) < 4.78 is 40.9. The van der Waals surface area contributed by atoms with Gasteiger partial charge in [0.15, 0.2) is 0 Å². The van der Waals surface area contributed by atoms with Crippen LogP contribution in [0.2, 0.25) is 0 Å². The summed E-state index contributed by atoms with van der Waals surface area (Å²) in [6, 6.07) is 13.6. The van der Waals surface area contributed by atoms with Gasteiger partial charge in [0.05, 0.1) is 0 Å². The molecule has 0 aliphatic carbocycles. The van der Waals surface area contributed by atoms with Crippen LogP contribution < -0.4 is 16.7 Å². The van der Waals surface area contributed by atoms with E-state index in [1.54, 1.807) is 62.8 Å². The Labute approximate surface area is 137 Å². The molecule has 112 valence electrons. The minimum atomic E-state index is -3.24. The van der Waals surface area contributed by atoms with Crippen molar-refractivity contribution < 1.29 is 17.1 Å². The van der Waals surface area contributed by atoms with Crippen LogP contribution in [0.4, 0.5) is 0 Å². The van der Waals surface area contributed by atoms with Gasteiger partial charge in [-0.15, -0.1) is 0 Å². The van der Waals surface area contributed by atoms with Gasteiger partial charge in [-0.2, -0.15) is 0 Å². The zero-order valence-corrected chi connectivity index (χ0v) is 16.1. The normalized spacial score (nSPS) is 10.9. The summed E-state index contributed by atoms with van der Waals surface area (Å²) in [4.78, 5) is 0. The number of ether oxygens (including phenoxy) is 2. The Morgan fingerprint density at radius 1 is 0.667 bits per heavy atom. The molecule has 0 atom stereocenters. The second-order valence-electron chi connectivity index (χ2n) is 3.89. The summed E-state index contributed by atoms with van der Waals surface area (Å²) in [6.45, 7) is 0. The summed E-state index contributed by atoms with van der Waals surface area (Å²) >= 11 is -6.47. The molecule has 0 saturated carbocycles. The summed E-state index contributed by atoms with van der Waals surface area (Å²) in [7, 11) is 3.12. The molecule has 21 heavy (non-hydrogen) atoms. The van der Waals surface area contributed by atoms with E-state index >= 15 is 0 Å². The molecule has 0 aliphatic heterocycles. The van der Waals surface area contributed by atoms with E-state index in [1.807, 2.05) is 0 Å². The van der Waals surface area contributed by atoms with Crippen molar-refractivity contribution in [1.29, 1.82) is 0 Å². The Morgan fingerprint density at radius 3 is 1.29 bits per heavy atom. The SMILES string of the molecule is COc1ccc([Te](=O)O[Te](=O)c2ccc(OC)cc2)cc1. The number of methoxy groups -OCH3 is 2. The van der Waals surface area contributed by atoms with E-state index in [-0.39, 0.29) is 0 Å². The topological polar surface area (TPSA) is 61.8 Å². The van der Waals surface area contributed by atoms with Crippen LogP contribution in [0, 0.1) is 0 Å². The molecule has 2 rings (SSSR count). The Kier molecular flexibility index (Phi) is 6.29. The molecule has 0 spiro atoms. The van der Waals surface area contributed by atoms with Crippen molar-refractivity contribution in [1.82, 2.24) is 0 Å². The average Bonchev–Trinajstić information content (AvgIpc) is 2.55. The Bertz CT molecular complexity index is 580. The Balaban J connectivity index is 2.05. The molecule has 0 N–H and O–H groups in total. The van der Waals surface area contributed by atoms with Crippen molar-refractivity contribution in [2.45, 2.75) is 0 Å². The molecule has 2 aromatic rings. The van der Waals surface area contributed by atoms with Gasteiger partial charge in [0.2, 0.25) is 0 Å². The van der Waals surface area contributed by atoms with Gasteiger partial charge in [-0.05, 0) is 0 Å². The molecule has 0 heterocycles. The van der Waals surface area contributed by atoms with E-state index in [4.69, 9.17) is 10.9 Å². The maximum atomic E-state index is 12.2. The molecule has 0 amide bonds. The third kappa shape index (κ3) is 4.57. The van der Waals surface area contributed by atoms with Crippen molar-refractivity contribution in [3.05, 3.63) is 48.5 Å². The molecule has 0 radical (unpaired) electrons. The minimum absolute atomic E-state index is 0.592. The first-order valence-corrected chi connectivity index (χ1v) is 12.1. The maximum absolute atomic E-state index is 12.2. The fourth-order valence-corrected chi connectivity index (χ4v) is 9.48. The van der Waals surface area contributed by atoms with Gasteiger partial charge in [0, 0.05) is 0 Å². The van der Waals surface area contributed by atoms with Gasteiger partial charge in [0.1, 0.15) is 0 Å². The van der Waals surface area contributed by atoms with Crippen LogP contribution in [-0.2, 0) is 7.67 Å². The molecule has 0 aliphatic rings. The number of benzene rings is 2. The van der Waals surface area contributed by atoms with Crippen LogP contribution in [0.15, 0.2) is 48.5 Å². The molecular weight excluding hydrogens is 503 g/mol. The molecule has 2 aromatic carbocycles. The van der Waals surface area contributed by atoms with Gasteiger partial charge in [-0.3, -0.25) is 0 Å². The standard InChI is InChI=1S/C14H14O5Te2/c1-17-11-3-7-13(8-4-11)20(15)19-21(16)14-9-5-12(18-2)6-10-14/h3-10H,1-2H3. The van der Waals surface area contributed by atoms with Crippen molar-refractivity contribution >= 4 is 47.1 Å². The van der Waals surface area contributed by atoms with Crippen molar-refractivity contribution in [3.8, 4) is 11.5 Å². The van der Waals surface area contributed by atoms with Crippen LogP contribution in [0.25, 0.3) is 0 Å². The van der Waals surface area contributed by atoms with Gasteiger partial charge in [-0.25, -0.2) is 0 Å². The van der Waals surface area contributed by atoms with E-state index < -0.39 is 39.9 Å². The summed E-state index contributed by atoms with van der Waals surface area (Å²) in [5.74, 6) is 1.36. The van der Waals surface area contributed by atoms with Crippen LogP contribution >= 0.6 is 0 Å². The molecular formula is C14H14O5Te2. The fourth-order valence-electron chi connectivity index (χ4n) is 1.51. The first kappa shape index (κ1) is 16.5. The fraction of sp³-hybridized carbons (Fsp3) is 0.143. The van der Waals surface area contributed by atoms with E-state index in [0.29, 0.717) is 18.7 Å². The molecule has 0 unspecified atom stereocenters. The zero-order valence-electron chi connectivity index (χ0n) is 11.5. The second-order valence-corrected chi connectivity index (χ2v) is 12.3. The average molecular weight is 517 g/mol. The summed E-state index contributed by atoms with van der Waals surface area (Å²) in [5.41, 5.74) is 0. The van der Waals surface area contributed by atoms with Crippen LogP contribution in [-0.4, -0.2) is 54.1 Å². The zero-order chi connectivity index (χ0) is 15.2. The van der Waals surface area contributed by atoms with Crippen LogP contribution in [0.3, 0.4) is 0 Å². The molecule has 7 heteroatoms. The predicted octanol–water partition coefficient (Wildman–Crippen LogP) is 0.672. The number of rotatable bonds is 6. The second kappa shape index (κ2) is 7.98. The Morgan fingerprint density at radius 2 is 1.00 bits per heavy atom.